The van der Waals surface area contributed by atoms with Crippen molar-refractivity contribution in [3.8, 4) is 0 Å². The van der Waals surface area contributed by atoms with Gasteiger partial charge in [-0.25, -0.2) is 8.42 Å². The fourth-order valence-corrected chi connectivity index (χ4v) is 4.49. The number of nitrogens with one attached hydrogen (secondary N) is 1. The monoisotopic (exact) mass is 352 g/mol. The van der Waals surface area contributed by atoms with E-state index in [1.54, 1.807) is 24.3 Å². The first-order valence-corrected chi connectivity index (χ1v) is 10.2. The second-order valence-corrected chi connectivity index (χ2v) is 8.45. The van der Waals surface area contributed by atoms with Crippen LogP contribution in [0.15, 0.2) is 29.2 Å². The van der Waals surface area contributed by atoms with Crippen LogP contribution in [0.1, 0.15) is 44.6 Å². The molecule has 1 aromatic carbocycles. The Morgan fingerprint density at radius 1 is 1.25 bits per heavy atom. The molecule has 1 atom stereocenters. The third kappa shape index (κ3) is 4.80. The third-order valence-corrected chi connectivity index (χ3v) is 6.37. The average molecular weight is 353 g/mol. The molecule has 6 heteroatoms. The van der Waals surface area contributed by atoms with Crippen LogP contribution < -0.4 is 5.32 Å². The SMILES string of the molecule is CCCCCNC(=O)[C@H]1CCCN(S(=O)(=O)c2ccc(C)cc2)C1. The number of benzene rings is 1. The Labute approximate surface area is 145 Å². The van der Waals surface area contributed by atoms with E-state index >= 15 is 0 Å². The number of aryl methyl sites for hydroxylation is 1. The molecule has 0 bridgehead atoms. The molecule has 0 aliphatic carbocycles. The van der Waals surface area contributed by atoms with Crippen LogP contribution in [0.25, 0.3) is 0 Å². The molecule has 1 fully saturated rings. The summed E-state index contributed by atoms with van der Waals surface area (Å²) in [6.07, 6.45) is 4.65. The average Bonchev–Trinajstić information content (AvgIpc) is 2.59. The Bertz CT molecular complexity index is 641. The van der Waals surface area contributed by atoms with Gasteiger partial charge in [0.2, 0.25) is 15.9 Å². The zero-order valence-electron chi connectivity index (χ0n) is 14.6. The van der Waals surface area contributed by atoms with Gasteiger partial charge in [-0.05, 0) is 38.3 Å². The molecule has 0 unspecified atom stereocenters. The zero-order valence-corrected chi connectivity index (χ0v) is 15.4. The van der Waals surface area contributed by atoms with Crippen molar-refractivity contribution in [3.63, 3.8) is 0 Å². The van der Waals surface area contributed by atoms with Crippen LogP contribution in [0.3, 0.4) is 0 Å². The highest BCUT2D eigenvalue weighted by Crippen LogP contribution is 2.24. The molecule has 134 valence electrons. The number of hydrogen-bond donors (Lipinski definition) is 1. The van der Waals surface area contributed by atoms with Crippen LogP contribution in [0.2, 0.25) is 0 Å². The van der Waals surface area contributed by atoms with E-state index in [4.69, 9.17) is 0 Å². The first kappa shape index (κ1) is 18.9. The molecule has 24 heavy (non-hydrogen) atoms. The van der Waals surface area contributed by atoms with E-state index in [0.29, 0.717) is 18.0 Å². The van der Waals surface area contributed by atoms with Gasteiger partial charge in [0.05, 0.1) is 10.8 Å². The van der Waals surface area contributed by atoms with Crippen molar-refractivity contribution in [1.82, 2.24) is 9.62 Å². The van der Waals surface area contributed by atoms with Gasteiger partial charge in [-0.15, -0.1) is 0 Å². The topological polar surface area (TPSA) is 66.5 Å². The molecular formula is C18H28N2O3S. The molecule has 0 radical (unpaired) electrons. The first-order chi connectivity index (χ1) is 11.4. The fraction of sp³-hybridized carbons (Fsp3) is 0.611. The number of hydrogen-bond acceptors (Lipinski definition) is 3. The second-order valence-electron chi connectivity index (χ2n) is 6.51. The van der Waals surface area contributed by atoms with Crippen LogP contribution in [-0.2, 0) is 14.8 Å². The van der Waals surface area contributed by atoms with Gasteiger partial charge >= 0.3 is 0 Å². The lowest BCUT2D eigenvalue weighted by Gasteiger charge is -2.31. The van der Waals surface area contributed by atoms with E-state index < -0.39 is 10.0 Å². The predicted octanol–water partition coefficient (Wildman–Crippen LogP) is 2.70. The molecule has 1 saturated heterocycles. The summed E-state index contributed by atoms with van der Waals surface area (Å²) in [6.45, 7) is 5.48. The molecule has 1 N–H and O–H groups in total. The van der Waals surface area contributed by atoms with Crippen LogP contribution in [0, 0.1) is 12.8 Å². The van der Waals surface area contributed by atoms with Crippen LogP contribution in [0.5, 0.6) is 0 Å². The summed E-state index contributed by atoms with van der Waals surface area (Å²) in [5.41, 5.74) is 1.02. The number of carbonyl (C=O) groups excluding carboxylic acids is 1. The quantitative estimate of drug-likeness (QED) is 0.767. The number of nitrogens with zero attached hydrogens (tertiary/aromatic N) is 1. The van der Waals surface area contributed by atoms with E-state index in [-0.39, 0.29) is 18.4 Å². The number of rotatable bonds is 7. The minimum absolute atomic E-state index is 0.0186. The standard InChI is InChI=1S/C18H28N2O3S/c1-3-4-5-12-19-18(21)16-7-6-13-20(14-16)24(22,23)17-10-8-15(2)9-11-17/h8-11,16H,3-7,12-14H2,1-2H3,(H,19,21)/t16-/m0/s1. The highest BCUT2D eigenvalue weighted by atomic mass is 32.2. The first-order valence-electron chi connectivity index (χ1n) is 8.79. The smallest absolute Gasteiger partial charge is 0.243 e. The van der Waals surface area contributed by atoms with Gasteiger partial charge < -0.3 is 5.32 Å². The van der Waals surface area contributed by atoms with Crippen LogP contribution >= 0.6 is 0 Å². The van der Waals surface area contributed by atoms with Crippen molar-refractivity contribution in [3.05, 3.63) is 29.8 Å². The number of unbranched alkanes of at least 4 members (excludes halogenated alkanes) is 2. The molecule has 1 aromatic rings. The second kappa shape index (κ2) is 8.62. The Balaban J connectivity index is 1.99. The summed E-state index contributed by atoms with van der Waals surface area (Å²) in [6, 6.07) is 6.88. The van der Waals surface area contributed by atoms with Gasteiger partial charge in [-0.2, -0.15) is 4.31 Å². The van der Waals surface area contributed by atoms with E-state index in [9.17, 15) is 13.2 Å². The number of sulfonamides is 1. The normalized spacial score (nSPS) is 19.2. The Kier molecular flexibility index (Phi) is 6.80. The zero-order chi connectivity index (χ0) is 17.6. The molecule has 0 spiro atoms. The third-order valence-electron chi connectivity index (χ3n) is 4.49. The van der Waals surface area contributed by atoms with Crippen molar-refractivity contribution in [2.45, 2.75) is 50.8 Å². The largest absolute Gasteiger partial charge is 0.356 e. The van der Waals surface area contributed by atoms with E-state index in [1.165, 1.54) is 4.31 Å². The van der Waals surface area contributed by atoms with Crippen LogP contribution in [0.4, 0.5) is 0 Å². The predicted molar refractivity (Wildman–Crippen MR) is 95.2 cm³/mol. The Hall–Kier alpha value is -1.40. The van der Waals surface area contributed by atoms with Crippen molar-refractivity contribution < 1.29 is 13.2 Å². The molecule has 1 amide bonds. The van der Waals surface area contributed by atoms with Crippen molar-refractivity contribution in [2.24, 2.45) is 5.92 Å². The molecule has 1 heterocycles. The molecule has 5 nitrogen and oxygen atoms in total. The number of amides is 1. The number of piperidine rings is 1. The van der Waals surface area contributed by atoms with Gasteiger partial charge in [-0.3, -0.25) is 4.79 Å². The van der Waals surface area contributed by atoms with Crippen LogP contribution in [-0.4, -0.2) is 38.3 Å². The minimum atomic E-state index is -3.52. The van der Waals surface area contributed by atoms with Crippen molar-refractivity contribution in [1.29, 1.82) is 0 Å². The molecule has 1 aliphatic rings. The molecule has 1 aliphatic heterocycles. The maximum absolute atomic E-state index is 12.8. The minimum Gasteiger partial charge on any atom is -0.356 e. The maximum Gasteiger partial charge on any atom is 0.243 e. The lowest BCUT2D eigenvalue weighted by atomic mass is 9.99. The summed E-state index contributed by atoms with van der Waals surface area (Å²) in [4.78, 5) is 12.6. The molecule has 2 rings (SSSR count). The summed E-state index contributed by atoms with van der Waals surface area (Å²) in [5.74, 6) is -0.268. The summed E-state index contributed by atoms with van der Waals surface area (Å²) < 4.78 is 27.0. The summed E-state index contributed by atoms with van der Waals surface area (Å²) in [5, 5.41) is 2.95. The van der Waals surface area contributed by atoms with Gasteiger partial charge in [0.25, 0.3) is 0 Å². The van der Waals surface area contributed by atoms with Gasteiger partial charge in [0, 0.05) is 19.6 Å². The highest BCUT2D eigenvalue weighted by Gasteiger charge is 2.33. The highest BCUT2D eigenvalue weighted by molar-refractivity contribution is 7.89. The lowest BCUT2D eigenvalue weighted by Crippen LogP contribution is -2.45. The maximum atomic E-state index is 12.8. The molecule has 0 aromatic heterocycles. The Morgan fingerprint density at radius 3 is 2.62 bits per heavy atom. The van der Waals surface area contributed by atoms with Crippen molar-refractivity contribution >= 4 is 15.9 Å². The summed E-state index contributed by atoms with van der Waals surface area (Å²) >= 11 is 0. The van der Waals surface area contributed by atoms with E-state index in [2.05, 4.69) is 12.2 Å². The van der Waals surface area contributed by atoms with Gasteiger partial charge in [-0.1, -0.05) is 37.5 Å². The number of carbonyl (C=O) groups is 1. The van der Waals surface area contributed by atoms with E-state index in [0.717, 1.165) is 37.7 Å². The molecular weight excluding hydrogens is 324 g/mol. The summed E-state index contributed by atoms with van der Waals surface area (Å²) in [7, 11) is -3.52. The van der Waals surface area contributed by atoms with E-state index in [1.807, 2.05) is 6.92 Å². The fourth-order valence-electron chi connectivity index (χ4n) is 2.96. The van der Waals surface area contributed by atoms with Crippen molar-refractivity contribution in [2.75, 3.05) is 19.6 Å². The van der Waals surface area contributed by atoms with Gasteiger partial charge in [0.1, 0.15) is 0 Å². The lowest BCUT2D eigenvalue weighted by molar-refractivity contribution is -0.126. The Morgan fingerprint density at radius 2 is 1.96 bits per heavy atom. The molecule has 0 saturated carbocycles. The van der Waals surface area contributed by atoms with Gasteiger partial charge in [0.15, 0.2) is 0 Å².